The Morgan fingerprint density at radius 2 is 1.90 bits per heavy atom. The first kappa shape index (κ1) is 17.9. The molecule has 0 unspecified atom stereocenters. The van der Waals surface area contributed by atoms with E-state index in [1.807, 2.05) is 13.8 Å². The van der Waals surface area contributed by atoms with Crippen LogP contribution in [0.4, 0.5) is 0 Å². The standard InChI is InChI=1S/C16H26ClN3O/c1-4-5-6-7-8-9-10-18-16(21)14-13(17)11-19-15(20-14)12(2)3/h11-12H,4-10H2,1-3H3,(H,18,21). The summed E-state index contributed by atoms with van der Waals surface area (Å²) in [4.78, 5) is 20.5. The number of aromatic nitrogens is 2. The molecule has 4 nitrogen and oxygen atoms in total. The lowest BCUT2D eigenvalue weighted by Crippen LogP contribution is -2.26. The van der Waals surface area contributed by atoms with Crippen molar-refractivity contribution in [3.8, 4) is 0 Å². The molecule has 1 rings (SSSR count). The summed E-state index contributed by atoms with van der Waals surface area (Å²) >= 11 is 6.01. The summed E-state index contributed by atoms with van der Waals surface area (Å²) in [6.45, 7) is 6.85. The highest BCUT2D eigenvalue weighted by molar-refractivity contribution is 6.33. The highest BCUT2D eigenvalue weighted by atomic mass is 35.5. The SMILES string of the molecule is CCCCCCCCNC(=O)c1nc(C(C)C)ncc1Cl. The molecule has 0 bridgehead atoms. The summed E-state index contributed by atoms with van der Waals surface area (Å²) in [5.41, 5.74) is 0.279. The van der Waals surface area contributed by atoms with Gasteiger partial charge in [-0.25, -0.2) is 9.97 Å². The van der Waals surface area contributed by atoms with Crippen LogP contribution in [-0.4, -0.2) is 22.4 Å². The summed E-state index contributed by atoms with van der Waals surface area (Å²) < 4.78 is 0. The van der Waals surface area contributed by atoms with Gasteiger partial charge in [-0.05, 0) is 6.42 Å². The van der Waals surface area contributed by atoms with Crippen LogP contribution in [0.15, 0.2) is 6.20 Å². The van der Waals surface area contributed by atoms with Gasteiger partial charge in [0.2, 0.25) is 0 Å². The number of hydrogen-bond acceptors (Lipinski definition) is 3. The number of nitrogens with one attached hydrogen (secondary N) is 1. The van der Waals surface area contributed by atoms with Gasteiger partial charge < -0.3 is 5.32 Å². The Morgan fingerprint density at radius 3 is 2.57 bits per heavy atom. The number of unbranched alkanes of at least 4 members (excludes halogenated alkanes) is 5. The zero-order chi connectivity index (χ0) is 15.7. The largest absolute Gasteiger partial charge is 0.351 e. The summed E-state index contributed by atoms with van der Waals surface area (Å²) in [6.07, 6.45) is 8.70. The number of amides is 1. The van der Waals surface area contributed by atoms with Crippen LogP contribution in [0.2, 0.25) is 5.02 Å². The quantitative estimate of drug-likeness (QED) is 0.690. The summed E-state index contributed by atoms with van der Waals surface area (Å²) in [5.74, 6) is 0.606. The zero-order valence-corrected chi connectivity index (χ0v) is 14.0. The molecule has 1 aromatic heterocycles. The molecule has 0 saturated carbocycles. The number of halogens is 1. The van der Waals surface area contributed by atoms with Gasteiger partial charge in [-0.3, -0.25) is 4.79 Å². The second-order valence-corrected chi connectivity index (χ2v) is 6.01. The smallest absolute Gasteiger partial charge is 0.271 e. The molecule has 1 amide bonds. The van der Waals surface area contributed by atoms with Gasteiger partial charge >= 0.3 is 0 Å². The van der Waals surface area contributed by atoms with E-state index in [4.69, 9.17) is 11.6 Å². The van der Waals surface area contributed by atoms with Crippen molar-refractivity contribution < 1.29 is 4.79 Å². The summed E-state index contributed by atoms with van der Waals surface area (Å²) in [5, 5.41) is 3.19. The molecule has 0 aliphatic heterocycles. The van der Waals surface area contributed by atoms with Crippen LogP contribution >= 0.6 is 11.6 Å². The number of hydrogen-bond donors (Lipinski definition) is 1. The van der Waals surface area contributed by atoms with Crippen molar-refractivity contribution in [2.24, 2.45) is 0 Å². The Balaban J connectivity index is 2.40. The fraction of sp³-hybridized carbons (Fsp3) is 0.688. The van der Waals surface area contributed by atoms with Crippen molar-refractivity contribution in [2.45, 2.75) is 65.2 Å². The average Bonchev–Trinajstić information content (AvgIpc) is 2.46. The first-order chi connectivity index (χ1) is 10.1. The molecular weight excluding hydrogens is 286 g/mol. The minimum atomic E-state index is -0.210. The third-order valence-electron chi connectivity index (χ3n) is 3.31. The van der Waals surface area contributed by atoms with Crippen molar-refractivity contribution in [3.05, 3.63) is 22.7 Å². The number of carbonyl (C=O) groups excluding carboxylic acids is 1. The normalized spacial score (nSPS) is 10.9. The van der Waals surface area contributed by atoms with E-state index in [1.165, 1.54) is 31.9 Å². The van der Waals surface area contributed by atoms with Crippen LogP contribution in [0.1, 0.15) is 81.5 Å². The predicted octanol–water partition coefficient (Wildman–Crippen LogP) is 4.34. The minimum Gasteiger partial charge on any atom is -0.351 e. The van der Waals surface area contributed by atoms with Crippen molar-refractivity contribution in [2.75, 3.05) is 6.54 Å². The molecule has 118 valence electrons. The number of rotatable bonds is 9. The maximum atomic E-state index is 12.1. The molecule has 1 heterocycles. The summed E-state index contributed by atoms with van der Waals surface area (Å²) in [7, 11) is 0. The van der Waals surface area contributed by atoms with E-state index in [1.54, 1.807) is 0 Å². The van der Waals surface area contributed by atoms with Crippen LogP contribution in [0.25, 0.3) is 0 Å². The third-order valence-corrected chi connectivity index (χ3v) is 3.59. The van der Waals surface area contributed by atoms with E-state index in [2.05, 4.69) is 22.2 Å². The first-order valence-electron chi connectivity index (χ1n) is 7.86. The highest BCUT2D eigenvalue weighted by Crippen LogP contribution is 2.16. The lowest BCUT2D eigenvalue weighted by atomic mass is 10.1. The Kier molecular flexibility index (Phi) is 8.28. The molecule has 1 N–H and O–H groups in total. The van der Waals surface area contributed by atoms with Crippen LogP contribution in [0.3, 0.4) is 0 Å². The third kappa shape index (κ3) is 6.42. The van der Waals surface area contributed by atoms with E-state index in [0.29, 0.717) is 17.4 Å². The van der Waals surface area contributed by atoms with Gasteiger partial charge in [0.15, 0.2) is 0 Å². The van der Waals surface area contributed by atoms with Crippen molar-refractivity contribution in [1.82, 2.24) is 15.3 Å². The highest BCUT2D eigenvalue weighted by Gasteiger charge is 2.14. The van der Waals surface area contributed by atoms with Gasteiger partial charge in [-0.2, -0.15) is 0 Å². The zero-order valence-electron chi connectivity index (χ0n) is 13.3. The van der Waals surface area contributed by atoms with Crippen molar-refractivity contribution in [1.29, 1.82) is 0 Å². The fourth-order valence-electron chi connectivity index (χ4n) is 2.01. The Labute approximate surface area is 132 Å². The molecule has 5 heteroatoms. The fourth-order valence-corrected chi connectivity index (χ4v) is 2.19. The topological polar surface area (TPSA) is 54.9 Å². The molecule has 0 atom stereocenters. The number of nitrogens with zero attached hydrogens (tertiary/aromatic N) is 2. The second-order valence-electron chi connectivity index (χ2n) is 5.60. The number of carbonyl (C=O) groups is 1. The molecule has 0 saturated heterocycles. The molecule has 1 aromatic rings. The Morgan fingerprint density at radius 1 is 1.24 bits per heavy atom. The van der Waals surface area contributed by atoms with Crippen LogP contribution in [0, 0.1) is 0 Å². The van der Waals surface area contributed by atoms with E-state index in [0.717, 1.165) is 12.8 Å². The molecule has 0 aliphatic rings. The average molecular weight is 312 g/mol. The van der Waals surface area contributed by atoms with Crippen LogP contribution in [-0.2, 0) is 0 Å². The predicted molar refractivity (Wildman–Crippen MR) is 86.8 cm³/mol. The minimum absolute atomic E-state index is 0.174. The van der Waals surface area contributed by atoms with E-state index >= 15 is 0 Å². The van der Waals surface area contributed by atoms with E-state index in [-0.39, 0.29) is 17.5 Å². The summed E-state index contributed by atoms with van der Waals surface area (Å²) in [6, 6.07) is 0. The van der Waals surface area contributed by atoms with Crippen molar-refractivity contribution in [3.63, 3.8) is 0 Å². The van der Waals surface area contributed by atoms with Crippen molar-refractivity contribution >= 4 is 17.5 Å². The molecule has 0 spiro atoms. The van der Waals surface area contributed by atoms with Gasteiger partial charge in [-0.15, -0.1) is 0 Å². The Hall–Kier alpha value is -1.16. The van der Waals surface area contributed by atoms with E-state index in [9.17, 15) is 4.79 Å². The monoisotopic (exact) mass is 311 g/mol. The molecule has 21 heavy (non-hydrogen) atoms. The van der Waals surface area contributed by atoms with Gasteiger partial charge in [0.25, 0.3) is 5.91 Å². The second kappa shape index (κ2) is 9.72. The maximum absolute atomic E-state index is 12.1. The first-order valence-corrected chi connectivity index (χ1v) is 8.24. The molecular formula is C16H26ClN3O. The van der Waals surface area contributed by atoms with Gasteiger partial charge in [0, 0.05) is 12.5 Å². The molecule has 0 aromatic carbocycles. The lowest BCUT2D eigenvalue weighted by molar-refractivity contribution is 0.0947. The van der Waals surface area contributed by atoms with Crippen LogP contribution < -0.4 is 5.32 Å². The Bertz CT molecular complexity index is 449. The molecule has 0 radical (unpaired) electrons. The maximum Gasteiger partial charge on any atom is 0.271 e. The van der Waals surface area contributed by atoms with Gasteiger partial charge in [-0.1, -0.05) is 64.5 Å². The van der Waals surface area contributed by atoms with E-state index < -0.39 is 0 Å². The van der Waals surface area contributed by atoms with Gasteiger partial charge in [0.05, 0.1) is 11.2 Å². The molecule has 0 aliphatic carbocycles. The molecule has 0 fully saturated rings. The lowest BCUT2D eigenvalue weighted by Gasteiger charge is -2.09. The van der Waals surface area contributed by atoms with Gasteiger partial charge in [0.1, 0.15) is 11.5 Å². The van der Waals surface area contributed by atoms with Crippen LogP contribution in [0.5, 0.6) is 0 Å².